The molecule has 0 saturated heterocycles. The standard InChI is InChI=1S/C33H65FO15/c1-33(2,3)49-32(35)4-6-36-8-10-38-12-14-40-16-18-42-20-22-44-24-26-46-28-30-48-31-29-47-27-25-45-23-21-43-19-17-41-15-13-39-11-9-37-7-5-34/h4-31H2,1-3H3. The van der Waals surface area contributed by atoms with Crippen LogP contribution < -0.4 is 0 Å². The first kappa shape index (κ1) is 47.9. The highest BCUT2D eigenvalue weighted by atomic mass is 19.1. The summed E-state index contributed by atoms with van der Waals surface area (Å²) >= 11 is 0. The molecule has 0 saturated carbocycles. The van der Waals surface area contributed by atoms with Crippen molar-refractivity contribution < 1.29 is 75.5 Å². The molecular formula is C33H65FO15. The second kappa shape index (κ2) is 39.7. The monoisotopic (exact) mass is 720 g/mol. The molecule has 0 radical (unpaired) electrons. The van der Waals surface area contributed by atoms with Crippen molar-refractivity contribution in [3.05, 3.63) is 0 Å². The maximum absolute atomic E-state index is 11.8. The first-order chi connectivity index (χ1) is 24.0. The van der Waals surface area contributed by atoms with Crippen LogP contribution in [0.25, 0.3) is 0 Å². The Kier molecular flexibility index (Phi) is 38.8. The molecule has 0 unspecified atom stereocenters. The fourth-order valence-electron chi connectivity index (χ4n) is 3.34. The van der Waals surface area contributed by atoms with E-state index in [9.17, 15) is 9.18 Å². The predicted molar refractivity (Wildman–Crippen MR) is 177 cm³/mol. The fourth-order valence-corrected chi connectivity index (χ4v) is 3.34. The quantitative estimate of drug-likeness (QED) is 0.0669. The van der Waals surface area contributed by atoms with Crippen molar-refractivity contribution in [2.45, 2.75) is 32.8 Å². The first-order valence-corrected chi connectivity index (χ1v) is 17.2. The lowest BCUT2D eigenvalue weighted by Gasteiger charge is -2.19. The first-order valence-electron chi connectivity index (χ1n) is 17.2. The molecule has 0 bridgehead atoms. The van der Waals surface area contributed by atoms with Crippen molar-refractivity contribution in [2.24, 2.45) is 0 Å². The number of esters is 1. The normalized spacial score (nSPS) is 11.8. The van der Waals surface area contributed by atoms with Crippen molar-refractivity contribution in [1.29, 1.82) is 0 Å². The number of carbonyl (C=O) groups excluding carboxylic acids is 1. The average molecular weight is 721 g/mol. The second-order valence-electron chi connectivity index (χ2n) is 11.0. The van der Waals surface area contributed by atoms with Gasteiger partial charge in [-0.15, -0.1) is 0 Å². The molecule has 0 aromatic carbocycles. The van der Waals surface area contributed by atoms with E-state index in [1.54, 1.807) is 0 Å². The van der Waals surface area contributed by atoms with Crippen molar-refractivity contribution >= 4 is 5.97 Å². The van der Waals surface area contributed by atoms with Crippen LogP contribution in [0.1, 0.15) is 27.2 Å². The zero-order chi connectivity index (χ0) is 35.8. The zero-order valence-electron chi connectivity index (χ0n) is 30.3. The van der Waals surface area contributed by atoms with E-state index in [0.717, 1.165) is 0 Å². The van der Waals surface area contributed by atoms with Crippen molar-refractivity contribution in [3.63, 3.8) is 0 Å². The lowest BCUT2D eigenvalue weighted by Crippen LogP contribution is -2.24. The molecule has 0 aromatic rings. The summed E-state index contributed by atoms with van der Waals surface area (Å²) in [6, 6.07) is 0. The molecule has 0 heterocycles. The number of halogens is 1. The van der Waals surface area contributed by atoms with Gasteiger partial charge in [-0.25, -0.2) is 4.39 Å². The molecule has 15 nitrogen and oxygen atoms in total. The van der Waals surface area contributed by atoms with E-state index < -0.39 is 12.3 Å². The van der Waals surface area contributed by atoms with Crippen LogP contribution in [0.3, 0.4) is 0 Å². The van der Waals surface area contributed by atoms with E-state index in [2.05, 4.69) is 0 Å². The van der Waals surface area contributed by atoms with Crippen molar-refractivity contribution in [3.8, 4) is 0 Å². The largest absolute Gasteiger partial charge is 0.460 e. The van der Waals surface area contributed by atoms with E-state index in [1.165, 1.54) is 0 Å². The number of alkyl halides is 1. The summed E-state index contributed by atoms with van der Waals surface area (Å²) in [5.74, 6) is -0.268. The molecule has 49 heavy (non-hydrogen) atoms. The zero-order valence-corrected chi connectivity index (χ0v) is 30.3. The van der Waals surface area contributed by atoms with Crippen LogP contribution in [0.15, 0.2) is 0 Å². The lowest BCUT2D eigenvalue weighted by molar-refractivity contribution is -0.156. The van der Waals surface area contributed by atoms with E-state index in [4.69, 9.17) is 66.3 Å². The Morgan fingerprint density at radius 3 is 0.714 bits per heavy atom. The van der Waals surface area contributed by atoms with Gasteiger partial charge >= 0.3 is 5.97 Å². The SMILES string of the molecule is CC(C)(C)OC(=O)CCOCCOCCOCCOCCOCCOCCOCCOCCOCCOCCOCCOCCOCCF. The van der Waals surface area contributed by atoms with Gasteiger partial charge in [0.1, 0.15) is 12.3 Å². The molecule has 294 valence electrons. The molecule has 16 heteroatoms. The molecule has 0 aromatic heterocycles. The van der Waals surface area contributed by atoms with Gasteiger partial charge in [0.2, 0.25) is 0 Å². The summed E-state index contributed by atoms with van der Waals surface area (Å²) < 4.78 is 87.1. The van der Waals surface area contributed by atoms with Gasteiger partial charge in [0, 0.05) is 0 Å². The summed E-state index contributed by atoms with van der Waals surface area (Å²) in [5, 5.41) is 0. The van der Waals surface area contributed by atoms with Gasteiger partial charge in [-0.05, 0) is 20.8 Å². The van der Waals surface area contributed by atoms with E-state index in [-0.39, 0.29) is 19.0 Å². The van der Waals surface area contributed by atoms with Crippen LogP contribution in [-0.2, 0) is 71.1 Å². The van der Waals surface area contributed by atoms with Crippen LogP contribution in [0.4, 0.5) is 4.39 Å². The van der Waals surface area contributed by atoms with Crippen LogP contribution >= 0.6 is 0 Å². The van der Waals surface area contributed by atoms with Crippen LogP contribution in [0, 0.1) is 0 Å². The molecule has 0 amide bonds. The lowest BCUT2D eigenvalue weighted by atomic mass is 10.2. The molecule has 0 aliphatic rings. The third-order valence-corrected chi connectivity index (χ3v) is 5.56. The Balaban J connectivity index is 3.09. The van der Waals surface area contributed by atoms with Gasteiger partial charge in [0.05, 0.1) is 178 Å². The molecule has 0 fully saturated rings. The minimum atomic E-state index is -0.479. The third-order valence-electron chi connectivity index (χ3n) is 5.56. The van der Waals surface area contributed by atoms with Crippen LogP contribution in [0.2, 0.25) is 0 Å². The molecule has 0 aliphatic heterocycles. The predicted octanol–water partition coefficient (Wildman–Crippen LogP) is 1.90. The maximum atomic E-state index is 11.8. The summed E-state index contributed by atoms with van der Waals surface area (Å²) in [4.78, 5) is 11.6. The Hall–Kier alpha value is -1.12. The fraction of sp³-hybridized carbons (Fsp3) is 0.970. The highest BCUT2D eigenvalue weighted by Gasteiger charge is 2.15. The van der Waals surface area contributed by atoms with E-state index in [0.29, 0.717) is 165 Å². The molecule has 0 spiro atoms. The maximum Gasteiger partial charge on any atom is 0.308 e. The molecular weight excluding hydrogens is 655 g/mol. The molecule has 0 N–H and O–H groups in total. The number of hydrogen-bond acceptors (Lipinski definition) is 15. The highest BCUT2D eigenvalue weighted by molar-refractivity contribution is 5.69. The van der Waals surface area contributed by atoms with Crippen molar-refractivity contribution in [1.82, 2.24) is 0 Å². The Morgan fingerprint density at radius 1 is 0.347 bits per heavy atom. The number of carbonyl (C=O) groups is 1. The van der Waals surface area contributed by atoms with Gasteiger partial charge in [-0.2, -0.15) is 0 Å². The third kappa shape index (κ3) is 44.9. The summed E-state index contributed by atoms with van der Waals surface area (Å²) in [5.41, 5.74) is -0.477. The smallest absolute Gasteiger partial charge is 0.308 e. The molecule has 0 aliphatic carbocycles. The van der Waals surface area contributed by atoms with Gasteiger partial charge in [0.15, 0.2) is 0 Å². The van der Waals surface area contributed by atoms with Crippen LogP contribution in [0.5, 0.6) is 0 Å². The van der Waals surface area contributed by atoms with Crippen molar-refractivity contribution in [2.75, 3.05) is 178 Å². The Morgan fingerprint density at radius 2 is 0.531 bits per heavy atom. The summed E-state index contributed by atoms with van der Waals surface area (Å²) in [6.45, 7) is 16.8. The summed E-state index contributed by atoms with van der Waals surface area (Å²) in [7, 11) is 0. The topological polar surface area (TPSA) is 146 Å². The van der Waals surface area contributed by atoms with Gasteiger partial charge in [-0.1, -0.05) is 0 Å². The number of ether oxygens (including phenoxy) is 14. The molecule has 0 atom stereocenters. The second-order valence-corrected chi connectivity index (χ2v) is 11.0. The van der Waals surface area contributed by atoms with E-state index >= 15 is 0 Å². The Labute approximate surface area is 292 Å². The minimum Gasteiger partial charge on any atom is -0.460 e. The van der Waals surface area contributed by atoms with E-state index in [1.807, 2.05) is 20.8 Å². The van der Waals surface area contributed by atoms with Gasteiger partial charge in [0.25, 0.3) is 0 Å². The van der Waals surface area contributed by atoms with Gasteiger partial charge in [-0.3, -0.25) is 4.79 Å². The number of hydrogen-bond donors (Lipinski definition) is 0. The summed E-state index contributed by atoms with van der Waals surface area (Å²) in [6.07, 6.45) is 0.228. The van der Waals surface area contributed by atoms with Crippen LogP contribution in [-0.4, -0.2) is 190 Å². The molecule has 0 rings (SSSR count). The minimum absolute atomic E-state index is 0.109. The average Bonchev–Trinajstić information content (AvgIpc) is 3.06. The van der Waals surface area contributed by atoms with Gasteiger partial charge < -0.3 is 66.3 Å². The highest BCUT2D eigenvalue weighted by Crippen LogP contribution is 2.08. The number of rotatable bonds is 41. The Bertz CT molecular complexity index is 658.